The summed E-state index contributed by atoms with van der Waals surface area (Å²) in [5, 5.41) is 0. The molecule has 0 radical (unpaired) electrons. The smallest absolute Gasteiger partial charge is 0.123 e. The summed E-state index contributed by atoms with van der Waals surface area (Å²) >= 11 is 0. The number of aromatic nitrogens is 1. The van der Waals surface area contributed by atoms with Crippen LogP contribution in [0.1, 0.15) is 41.6 Å². The summed E-state index contributed by atoms with van der Waals surface area (Å²) in [6.45, 7) is 2.97. The van der Waals surface area contributed by atoms with E-state index in [1.54, 1.807) is 6.26 Å². The molecule has 3 nitrogen and oxygen atoms in total. The molecule has 2 N–H and O–H groups in total. The minimum atomic E-state index is 0.218. The first kappa shape index (κ1) is 10.7. The predicted molar refractivity (Wildman–Crippen MR) is 66.8 cm³/mol. The van der Waals surface area contributed by atoms with Crippen molar-refractivity contribution >= 4 is 0 Å². The Labute approximate surface area is 101 Å². The van der Waals surface area contributed by atoms with Gasteiger partial charge in [0, 0.05) is 17.4 Å². The topological polar surface area (TPSA) is 44.1 Å². The third-order valence-electron chi connectivity index (χ3n) is 3.67. The van der Waals surface area contributed by atoms with Crippen LogP contribution in [0.4, 0.5) is 0 Å². The van der Waals surface area contributed by atoms with Crippen molar-refractivity contribution in [2.24, 2.45) is 5.73 Å². The van der Waals surface area contributed by atoms with Gasteiger partial charge in [-0.15, -0.1) is 0 Å². The van der Waals surface area contributed by atoms with Crippen LogP contribution < -0.4 is 5.73 Å². The first-order valence-corrected chi connectivity index (χ1v) is 6.22. The fourth-order valence-corrected chi connectivity index (χ4v) is 2.78. The van der Waals surface area contributed by atoms with Gasteiger partial charge in [0.1, 0.15) is 5.76 Å². The molecular weight excluding hydrogens is 212 g/mol. The number of nitrogens with two attached hydrogens (primary N) is 1. The predicted octanol–water partition coefficient (Wildman–Crippen LogP) is 2.77. The van der Waals surface area contributed by atoms with Gasteiger partial charge in [0.05, 0.1) is 12.8 Å². The molecule has 0 amide bonds. The number of hydrogen-bond donors (Lipinski definition) is 1. The third-order valence-corrected chi connectivity index (χ3v) is 3.67. The van der Waals surface area contributed by atoms with E-state index >= 15 is 0 Å². The molecule has 0 saturated heterocycles. The van der Waals surface area contributed by atoms with Crippen LogP contribution in [0.5, 0.6) is 0 Å². The van der Waals surface area contributed by atoms with Gasteiger partial charge in [0.2, 0.25) is 0 Å². The summed E-state index contributed by atoms with van der Waals surface area (Å²) in [5.74, 6) is 1.01. The number of furan rings is 1. The molecule has 0 fully saturated rings. The molecule has 1 atom stereocenters. The molecule has 2 heterocycles. The second-order valence-corrected chi connectivity index (χ2v) is 4.85. The van der Waals surface area contributed by atoms with Crippen molar-refractivity contribution in [3.8, 4) is 0 Å². The van der Waals surface area contributed by atoms with Gasteiger partial charge in [-0.3, -0.25) is 0 Å². The van der Waals surface area contributed by atoms with Gasteiger partial charge in [-0.25, -0.2) is 0 Å². The summed E-state index contributed by atoms with van der Waals surface area (Å²) in [4.78, 5) is 0. The molecule has 0 aromatic carbocycles. The maximum atomic E-state index is 6.17. The van der Waals surface area contributed by atoms with Crippen LogP contribution in [-0.2, 0) is 13.0 Å². The molecule has 2 aromatic heterocycles. The van der Waals surface area contributed by atoms with Crippen molar-refractivity contribution in [1.82, 2.24) is 4.57 Å². The second kappa shape index (κ2) is 4.08. The Morgan fingerprint density at radius 1 is 1.53 bits per heavy atom. The Balaban J connectivity index is 1.99. The molecule has 0 spiro atoms. The molecule has 1 aliphatic carbocycles. The summed E-state index contributed by atoms with van der Waals surface area (Å²) in [6.07, 6.45) is 5.16. The van der Waals surface area contributed by atoms with E-state index in [1.165, 1.54) is 23.4 Å². The standard InChI is InChI=1S/C14H18N2O/c1-10-8-12-13(15)5-2-6-14(12)16(10)9-11-4-3-7-17-11/h3-4,7-8,13H,2,5-6,9,15H2,1H3. The summed E-state index contributed by atoms with van der Waals surface area (Å²) in [5.41, 5.74) is 10.2. The van der Waals surface area contributed by atoms with Crippen LogP contribution in [0.2, 0.25) is 0 Å². The van der Waals surface area contributed by atoms with Crippen molar-refractivity contribution in [2.75, 3.05) is 0 Å². The van der Waals surface area contributed by atoms with Crippen LogP contribution in [0, 0.1) is 6.92 Å². The lowest BCUT2D eigenvalue weighted by atomic mass is 9.93. The van der Waals surface area contributed by atoms with Crippen LogP contribution in [0.15, 0.2) is 28.9 Å². The molecule has 0 aliphatic heterocycles. The van der Waals surface area contributed by atoms with Gasteiger partial charge in [-0.05, 0) is 49.9 Å². The van der Waals surface area contributed by atoms with Crippen molar-refractivity contribution in [3.05, 3.63) is 47.2 Å². The largest absolute Gasteiger partial charge is 0.467 e. The molecule has 0 bridgehead atoms. The van der Waals surface area contributed by atoms with Gasteiger partial charge in [0.15, 0.2) is 0 Å². The maximum absolute atomic E-state index is 6.17. The molecule has 1 aliphatic rings. The number of hydrogen-bond acceptors (Lipinski definition) is 2. The maximum Gasteiger partial charge on any atom is 0.123 e. The average molecular weight is 230 g/mol. The Bertz CT molecular complexity index is 511. The molecule has 2 aromatic rings. The van der Waals surface area contributed by atoms with Crippen molar-refractivity contribution in [1.29, 1.82) is 0 Å². The summed E-state index contributed by atoms with van der Waals surface area (Å²) in [6, 6.07) is 6.42. The van der Waals surface area contributed by atoms with Crippen molar-refractivity contribution < 1.29 is 4.42 Å². The van der Waals surface area contributed by atoms with Crippen LogP contribution in [-0.4, -0.2) is 4.57 Å². The van der Waals surface area contributed by atoms with Gasteiger partial charge in [-0.2, -0.15) is 0 Å². The average Bonchev–Trinajstić information content (AvgIpc) is 2.91. The summed E-state index contributed by atoms with van der Waals surface area (Å²) < 4.78 is 7.77. The third kappa shape index (κ3) is 1.80. The number of nitrogens with zero attached hydrogens (tertiary/aromatic N) is 1. The van der Waals surface area contributed by atoms with E-state index < -0.39 is 0 Å². The number of fused-ring (bicyclic) bond motifs is 1. The Morgan fingerprint density at radius 3 is 3.18 bits per heavy atom. The zero-order chi connectivity index (χ0) is 11.8. The lowest BCUT2D eigenvalue weighted by Gasteiger charge is -2.20. The number of rotatable bonds is 2. The minimum absolute atomic E-state index is 0.218. The van der Waals surface area contributed by atoms with Crippen LogP contribution in [0.25, 0.3) is 0 Å². The van der Waals surface area contributed by atoms with Crippen molar-refractivity contribution in [2.45, 2.75) is 38.8 Å². The highest BCUT2D eigenvalue weighted by molar-refractivity contribution is 5.33. The van der Waals surface area contributed by atoms with E-state index in [4.69, 9.17) is 10.2 Å². The highest BCUT2D eigenvalue weighted by atomic mass is 16.3. The first-order chi connectivity index (χ1) is 8.25. The minimum Gasteiger partial charge on any atom is -0.467 e. The van der Waals surface area contributed by atoms with Gasteiger partial charge < -0.3 is 14.7 Å². The van der Waals surface area contributed by atoms with Crippen LogP contribution in [0.3, 0.4) is 0 Å². The van der Waals surface area contributed by atoms with E-state index in [-0.39, 0.29) is 6.04 Å². The van der Waals surface area contributed by atoms with Gasteiger partial charge in [0.25, 0.3) is 0 Å². The Hall–Kier alpha value is -1.48. The van der Waals surface area contributed by atoms with E-state index in [0.717, 1.165) is 25.1 Å². The number of aryl methyl sites for hydroxylation is 1. The molecular formula is C14H18N2O. The fraction of sp³-hybridized carbons (Fsp3) is 0.429. The molecule has 1 unspecified atom stereocenters. The normalized spacial score (nSPS) is 19.3. The molecule has 3 heteroatoms. The zero-order valence-corrected chi connectivity index (χ0v) is 10.1. The molecule has 0 saturated carbocycles. The SMILES string of the molecule is Cc1cc2c(n1Cc1ccco1)CCCC2N. The molecule has 90 valence electrons. The Morgan fingerprint density at radius 2 is 2.41 bits per heavy atom. The lowest BCUT2D eigenvalue weighted by molar-refractivity contribution is 0.479. The van der Waals surface area contributed by atoms with Gasteiger partial charge >= 0.3 is 0 Å². The molecule has 3 rings (SSSR count). The highest BCUT2D eigenvalue weighted by Gasteiger charge is 2.22. The Kier molecular flexibility index (Phi) is 2.56. The quantitative estimate of drug-likeness (QED) is 0.862. The summed E-state index contributed by atoms with van der Waals surface area (Å²) in [7, 11) is 0. The fourth-order valence-electron chi connectivity index (χ4n) is 2.78. The monoisotopic (exact) mass is 230 g/mol. The van der Waals surface area contributed by atoms with E-state index in [1.807, 2.05) is 12.1 Å². The molecule has 17 heavy (non-hydrogen) atoms. The second-order valence-electron chi connectivity index (χ2n) is 4.85. The van der Waals surface area contributed by atoms with E-state index in [9.17, 15) is 0 Å². The van der Waals surface area contributed by atoms with E-state index in [0.29, 0.717) is 0 Å². The van der Waals surface area contributed by atoms with Gasteiger partial charge in [-0.1, -0.05) is 0 Å². The zero-order valence-electron chi connectivity index (χ0n) is 10.1. The van der Waals surface area contributed by atoms with Crippen molar-refractivity contribution in [3.63, 3.8) is 0 Å². The first-order valence-electron chi connectivity index (χ1n) is 6.22. The van der Waals surface area contributed by atoms with Crippen LogP contribution >= 0.6 is 0 Å². The lowest BCUT2D eigenvalue weighted by Crippen LogP contribution is -2.18. The van der Waals surface area contributed by atoms with E-state index in [2.05, 4.69) is 17.6 Å². The highest BCUT2D eigenvalue weighted by Crippen LogP contribution is 2.31.